The van der Waals surface area contributed by atoms with Crippen LogP contribution < -0.4 is 5.73 Å². The maximum Gasteiger partial charge on any atom is 0.240 e. The topological polar surface area (TPSA) is 62.1 Å². The SMILES string of the molecule is CC1CCCN1C(=O)[C@H](N)Cc1c[nH]c2ccccc12. The van der Waals surface area contributed by atoms with Crippen molar-refractivity contribution in [3.05, 3.63) is 36.0 Å². The van der Waals surface area contributed by atoms with Crippen molar-refractivity contribution in [1.82, 2.24) is 9.88 Å². The third-order valence-electron chi connectivity index (χ3n) is 4.27. The van der Waals surface area contributed by atoms with E-state index in [4.69, 9.17) is 5.73 Å². The lowest BCUT2D eigenvalue weighted by molar-refractivity contribution is -0.133. The van der Waals surface area contributed by atoms with Crippen LogP contribution in [-0.2, 0) is 11.2 Å². The Morgan fingerprint density at radius 2 is 2.30 bits per heavy atom. The van der Waals surface area contributed by atoms with Crippen molar-refractivity contribution in [2.45, 2.75) is 38.3 Å². The number of amides is 1. The number of carbonyl (C=O) groups is 1. The number of hydrogen-bond acceptors (Lipinski definition) is 2. The van der Waals surface area contributed by atoms with Gasteiger partial charge in [0.2, 0.25) is 5.91 Å². The predicted octanol–water partition coefficient (Wildman–Crippen LogP) is 2.05. The number of nitrogens with two attached hydrogens (primary N) is 1. The molecule has 2 heterocycles. The van der Waals surface area contributed by atoms with Crippen molar-refractivity contribution in [2.75, 3.05) is 6.54 Å². The maximum absolute atomic E-state index is 12.4. The van der Waals surface area contributed by atoms with Crippen LogP contribution in [0.1, 0.15) is 25.3 Å². The molecule has 0 spiro atoms. The van der Waals surface area contributed by atoms with Gasteiger partial charge in [0, 0.05) is 29.7 Å². The molecule has 0 aliphatic carbocycles. The molecule has 1 saturated heterocycles. The molecule has 1 aromatic carbocycles. The highest BCUT2D eigenvalue weighted by atomic mass is 16.2. The molecule has 3 rings (SSSR count). The first-order valence-corrected chi connectivity index (χ1v) is 7.28. The molecule has 0 radical (unpaired) electrons. The number of fused-ring (bicyclic) bond motifs is 1. The fraction of sp³-hybridized carbons (Fsp3) is 0.438. The van der Waals surface area contributed by atoms with Crippen LogP contribution in [0.3, 0.4) is 0 Å². The van der Waals surface area contributed by atoms with Crippen LogP contribution in [-0.4, -0.2) is 34.4 Å². The molecule has 1 aromatic heterocycles. The monoisotopic (exact) mass is 271 g/mol. The van der Waals surface area contributed by atoms with E-state index in [1.807, 2.05) is 29.3 Å². The summed E-state index contributed by atoms with van der Waals surface area (Å²) in [7, 11) is 0. The number of H-pyrrole nitrogens is 1. The fourth-order valence-corrected chi connectivity index (χ4v) is 3.10. The predicted molar refractivity (Wildman–Crippen MR) is 80.4 cm³/mol. The van der Waals surface area contributed by atoms with Crippen LogP contribution >= 0.6 is 0 Å². The standard InChI is InChI=1S/C16H21N3O/c1-11-5-4-8-19(11)16(20)14(17)9-12-10-18-15-7-3-2-6-13(12)15/h2-3,6-7,10-11,14,18H,4-5,8-9,17H2,1H3/t11?,14-/m1/s1. The van der Waals surface area contributed by atoms with E-state index in [1.54, 1.807) is 0 Å². The molecule has 4 heteroatoms. The average Bonchev–Trinajstić information content (AvgIpc) is 3.05. The number of carbonyl (C=O) groups excluding carboxylic acids is 1. The van der Waals surface area contributed by atoms with Crippen molar-refractivity contribution in [1.29, 1.82) is 0 Å². The van der Waals surface area contributed by atoms with E-state index in [2.05, 4.69) is 18.0 Å². The Balaban J connectivity index is 1.75. The molecular weight excluding hydrogens is 250 g/mol. The van der Waals surface area contributed by atoms with Crippen molar-refractivity contribution >= 4 is 16.8 Å². The van der Waals surface area contributed by atoms with Gasteiger partial charge in [0.1, 0.15) is 0 Å². The number of likely N-dealkylation sites (tertiary alicyclic amines) is 1. The third-order valence-corrected chi connectivity index (χ3v) is 4.27. The summed E-state index contributed by atoms with van der Waals surface area (Å²) in [6.07, 6.45) is 4.73. The van der Waals surface area contributed by atoms with Gasteiger partial charge in [-0.05, 0) is 37.8 Å². The van der Waals surface area contributed by atoms with E-state index >= 15 is 0 Å². The number of nitrogens with zero attached hydrogens (tertiary/aromatic N) is 1. The van der Waals surface area contributed by atoms with Gasteiger partial charge >= 0.3 is 0 Å². The molecular formula is C16H21N3O. The Kier molecular flexibility index (Phi) is 3.49. The summed E-state index contributed by atoms with van der Waals surface area (Å²) < 4.78 is 0. The van der Waals surface area contributed by atoms with E-state index in [9.17, 15) is 4.79 Å². The zero-order valence-corrected chi connectivity index (χ0v) is 11.8. The van der Waals surface area contributed by atoms with Gasteiger partial charge in [-0.1, -0.05) is 18.2 Å². The molecule has 20 heavy (non-hydrogen) atoms. The lowest BCUT2D eigenvalue weighted by Crippen LogP contribution is -2.46. The normalized spacial score (nSPS) is 20.5. The molecule has 1 amide bonds. The van der Waals surface area contributed by atoms with Gasteiger partial charge in [-0.3, -0.25) is 4.79 Å². The van der Waals surface area contributed by atoms with Gasteiger partial charge in [0.05, 0.1) is 6.04 Å². The molecule has 1 unspecified atom stereocenters. The summed E-state index contributed by atoms with van der Waals surface area (Å²) in [6.45, 7) is 2.95. The molecule has 2 atom stereocenters. The minimum Gasteiger partial charge on any atom is -0.361 e. The first kappa shape index (κ1) is 13.2. The Labute approximate surface area is 118 Å². The van der Waals surface area contributed by atoms with Crippen molar-refractivity contribution in [3.63, 3.8) is 0 Å². The highest BCUT2D eigenvalue weighted by Crippen LogP contribution is 2.21. The molecule has 1 aliphatic heterocycles. The largest absolute Gasteiger partial charge is 0.361 e. The number of benzene rings is 1. The smallest absolute Gasteiger partial charge is 0.240 e. The second-order valence-electron chi connectivity index (χ2n) is 5.69. The van der Waals surface area contributed by atoms with Gasteiger partial charge < -0.3 is 15.6 Å². The first-order valence-electron chi connectivity index (χ1n) is 7.28. The van der Waals surface area contributed by atoms with Crippen LogP contribution in [0, 0.1) is 0 Å². The van der Waals surface area contributed by atoms with Gasteiger partial charge in [0.25, 0.3) is 0 Å². The van der Waals surface area contributed by atoms with Crippen LogP contribution in [0.4, 0.5) is 0 Å². The fourth-order valence-electron chi connectivity index (χ4n) is 3.10. The lowest BCUT2D eigenvalue weighted by atomic mass is 10.0. The zero-order chi connectivity index (χ0) is 14.1. The second-order valence-corrected chi connectivity index (χ2v) is 5.69. The van der Waals surface area contributed by atoms with E-state index in [1.165, 1.54) is 0 Å². The van der Waals surface area contributed by atoms with Crippen molar-refractivity contribution in [3.8, 4) is 0 Å². The molecule has 2 aromatic rings. The quantitative estimate of drug-likeness (QED) is 0.897. The highest BCUT2D eigenvalue weighted by molar-refractivity contribution is 5.86. The maximum atomic E-state index is 12.4. The van der Waals surface area contributed by atoms with Gasteiger partial charge in [-0.2, -0.15) is 0 Å². The van der Waals surface area contributed by atoms with Crippen LogP contribution in [0.25, 0.3) is 10.9 Å². The van der Waals surface area contributed by atoms with Crippen molar-refractivity contribution < 1.29 is 4.79 Å². The van der Waals surface area contributed by atoms with Gasteiger partial charge in [-0.15, -0.1) is 0 Å². The van der Waals surface area contributed by atoms with Crippen LogP contribution in [0.5, 0.6) is 0 Å². The molecule has 1 fully saturated rings. The average molecular weight is 271 g/mol. The molecule has 3 N–H and O–H groups in total. The zero-order valence-electron chi connectivity index (χ0n) is 11.8. The minimum absolute atomic E-state index is 0.0836. The number of nitrogens with one attached hydrogen (secondary N) is 1. The number of aromatic nitrogens is 1. The Bertz CT molecular complexity index is 619. The third kappa shape index (κ3) is 2.31. The van der Waals surface area contributed by atoms with E-state index in [0.717, 1.165) is 35.9 Å². The Morgan fingerprint density at radius 3 is 3.05 bits per heavy atom. The summed E-state index contributed by atoms with van der Waals surface area (Å²) in [4.78, 5) is 17.6. The van der Waals surface area contributed by atoms with E-state index in [-0.39, 0.29) is 5.91 Å². The van der Waals surface area contributed by atoms with Crippen molar-refractivity contribution in [2.24, 2.45) is 5.73 Å². The van der Waals surface area contributed by atoms with E-state index in [0.29, 0.717) is 12.5 Å². The summed E-state index contributed by atoms with van der Waals surface area (Å²) in [5.74, 6) is 0.0836. The molecule has 0 bridgehead atoms. The molecule has 4 nitrogen and oxygen atoms in total. The lowest BCUT2D eigenvalue weighted by Gasteiger charge is -2.24. The van der Waals surface area contributed by atoms with Gasteiger partial charge in [0.15, 0.2) is 0 Å². The number of hydrogen-bond donors (Lipinski definition) is 2. The number of para-hydroxylation sites is 1. The summed E-state index contributed by atoms with van der Waals surface area (Å²) >= 11 is 0. The Morgan fingerprint density at radius 1 is 1.50 bits per heavy atom. The first-order chi connectivity index (χ1) is 9.66. The molecule has 0 saturated carbocycles. The molecule has 106 valence electrons. The molecule has 1 aliphatic rings. The number of aromatic amines is 1. The highest BCUT2D eigenvalue weighted by Gasteiger charge is 2.29. The minimum atomic E-state index is -0.449. The van der Waals surface area contributed by atoms with Crippen LogP contribution in [0.15, 0.2) is 30.5 Å². The van der Waals surface area contributed by atoms with Gasteiger partial charge in [-0.25, -0.2) is 0 Å². The summed E-state index contributed by atoms with van der Waals surface area (Å²) in [6, 6.07) is 7.99. The Hall–Kier alpha value is -1.81. The summed E-state index contributed by atoms with van der Waals surface area (Å²) in [5, 5.41) is 1.16. The number of rotatable bonds is 3. The van der Waals surface area contributed by atoms with E-state index < -0.39 is 6.04 Å². The second kappa shape index (κ2) is 5.29. The summed E-state index contributed by atoms with van der Waals surface area (Å²) in [5.41, 5.74) is 8.35. The van der Waals surface area contributed by atoms with Crippen LogP contribution in [0.2, 0.25) is 0 Å².